The number of carbonyl (C=O) groups is 2. The van der Waals surface area contributed by atoms with Crippen molar-refractivity contribution >= 4 is 34.6 Å². The van der Waals surface area contributed by atoms with E-state index in [-0.39, 0.29) is 12.5 Å². The average molecular weight is 330 g/mol. The van der Waals surface area contributed by atoms with Gasteiger partial charge in [-0.15, -0.1) is 11.3 Å². The summed E-state index contributed by atoms with van der Waals surface area (Å²) in [5.41, 5.74) is 2.90. The molecular weight excluding hydrogens is 312 g/mol. The zero-order valence-electron chi connectivity index (χ0n) is 12.9. The topological polar surface area (TPSA) is 58.6 Å². The van der Waals surface area contributed by atoms with Gasteiger partial charge in [-0.25, -0.2) is 4.79 Å². The molecule has 1 aromatic heterocycles. The van der Waals surface area contributed by atoms with Crippen molar-refractivity contribution in [2.45, 2.75) is 12.8 Å². The largest absolute Gasteiger partial charge is 0.465 e. The van der Waals surface area contributed by atoms with Gasteiger partial charge in [0.2, 0.25) is 5.91 Å². The van der Waals surface area contributed by atoms with Gasteiger partial charge in [0.05, 0.1) is 19.3 Å². The maximum atomic E-state index is 12.4. The van der Waals surface area contributed by atoms with Gasteiger partial charge in [0.15, 0.2) is 0 Å². The molecule has 2 heterocycles. The van der Waals surface area contributed by atoms with E-state index in [1.54, 1.807) is 11.4 Å². The van der Waals surface area contributed by atoms with Crippen molar-refractivity contribution in [1.29, 1.82) is 0 Å². The number of aryl methyl sites for hydroxylation is 1. The Balaban J connectivity index is 1.69. The molecule has 5 nitrogen and oxygen atoms in total. The van der Waals surface area contributed by atoms with E-state index in [0.29, 0.717) is 10.6 Å². The molecule has 0 spiro atoms. The highest BCUT2D eigenvalue weighted by molar-refractivity contribution is 7.12. The maximum absolute atomic E-state index is 12.4. The van der Waals surface area contributed by atoms with E-state index in [1.807, 2.05) is 18.2 Å². The van der Waals surface area contributed by atoms with Gasteiger partial charge in [0, 0.05) is 12.2 Å². The fourth-order valence-electron chi connectivity index (χ4n) is 2.80. The van der Waals surface area contributed by atoms with Crippen LogP contribution in [-0.4, -0.2) is 32.1 Å². The highest BCUT2D eigenvalue weighted by Gasteiger charge is 2.20. The van der Waals surface area contributed by atoms with Crippen LogP contribution in [0.4, 0.5) is 11.4 Å². The zero-order valence-corrected chi connectivity index (χ0v) is 13.7. The number of para-hydroxylation sites is 1. The monoisotopic (exact) mass is 330 g/mol. The lowest BCUT2D eigenvalue weighted by molar-refractivity contribution is -0.115. The van der Waals surface area contributed by atoms with Crippen molar-refractivity contribution in [2.24, 2.45) is 0 Å². The molecule has 1 N–H and O–H groups in total. The summed E-state index contributed by atoms with van der Waals surface area (Å²) >= 11 is 1.26. The molecule has 0 unspecified atom stereocenters. The number of fused-ring (bicyclic) bond motifs is 1. The number of benzene rings is 1. The van der Waals surface area contributed by atoms with Crippen LogP contribution in [0, 0.1) is 0 Å². The number of amides is 1. The van der Waals surface area contributed by atoms with Gasteiger partial charge in [-0.3, -0.25) is 4.79 Å². The van der Waals surface area contributed by atoms with Gasteiger partial charge in [0.25, 0.3) is 0 Å². The Hall–Kier alpha value is -2.34. The first-order valence-electron chi connectivity index (χ1n) is 7.47. The summed E-state index contributed by atoms with van der Waals surface area (Å²) in [5, 5.41) is 4.57. The molecule has 120 valence electrons. The number of hydrogen-bond donors (Lipinski definition) is 1. The van der Waals surface area contributed by atoms with Crippen LogP contribution in [0.25, 0.3) is 0 Å². The lowest BCUT2D eigenvalue weighted by atomic mass is 10.0. The lowest BCUT2D eigenvalue weighted by Gasteiger charge is -2.30. The van der Waals surface area contributed by atoms with Gasteiger partial charge in [-0.05, 0) is 35.9 Å². The van der Waals surface area contributed by atoms with E-state index in [2.05, 4.69) is 16.3 Å². The molecule has 0 fully saturated rings. The van der Waals surface area contributed by atoms with Crippen molar-refractivity contribution in [1.82, 2.24) is 0 Å². The van der Waals surface area contributed by atoms with Crippen LogP contribution in [0.5, 0.6) is 0 Å². The molecule has 0 radical (unpaired) electrons. The summed E-state index contributed by atoms with van der Waals surface area (Å²) in [6.07, 6.45) is 2.08. The number of carbonyl (C=O) groups excluding carboxylic acids is 2. The van der Waals surface area contributed by atoms with E-state index in [9.17, 15) is 9.59 Å². The maximum Gasteiger partial charge on any atom is 0.350 e. The number of thiophene rings is 1. The zero-order chi connectivity index (χ0) is 16.2. The van der Waals surface area contributed by atoms with Crippen molar-refractivity contribution in [3.63, 3.8) is 0 Å². The lowest BCUT2D eigenvalue weighted by Crippen LogP contribution is -2.36. The van der Waals surface area contributed by atoms with Crippen LogP contribution in [0.1, 0.15) is 21.7 Å². The average Bonchev–Trinajstić information content (AvgIpc) is 3.02. The third-order valence-corrected chi connectivity index (χ3v) is 4.75. The Kier molecular flexibility index (Phi) is 4.62. The van der Waals surface area contributed by atoms with Crippen LogP contribution in [0.3, 0.4) is 0 Å². The number of hydrogen-bond acceptors (Lipinski definition) is 5. The number of esters is 1. The standard InChI is InChI=1S/C17H18N2O3S/c1-22-17(21)16-13(8-10-23-16)18-15(20)11-19-9-4-6-12-5-2-3-7-14(12)19/h2-3,5,7-8,10H,4,6,9,11H2,1H3,(H,18,20). The summed E-state index contributed by atoms with van der Waals surface area (Å²) in [5.74, 6) is -0.566. The molecule has 3 rings (SSSR count). The summed E-state index contributed by atoms with van der Waals surface area (Å²) in [6, 6.07) is 9.89. The summed E-state index contributed by atoms with van der Waals surface area (Å²) in [7, 11) is 1.33. The van der Waals surface area contributed by atoms with Gasteiger partial charge < -0.3 is 15.0 Å². The Bertz CT molecular complexity index is 726. The first kappa shape index (κ1) is 15.6. The van der Waals surface area contributed by atoms with E-state index in [0.717, 1.165) is 25.1 Å². The van der Waals surface area contributed by atoms with Crippen LogP contribution in [0.15, 0.2) is 35.7 Å². The number of anilines is 2. The van der Waals surface area contributed by atoms with E-state index < -0.39 is 5.97 Å². The second kappa shape index (κ2) is 6.83. The Morgan fingerprint density at radius 1 is 1.30 bits per heavy atom. The smallest absolute Gasteiger partial charge is 0.350 e. The van der Waals surface area contributed by atoms with Crippen LogP contribution < -0.4 is 10.2 Å². The minimum atomic E-state index is -0.432. The minimum absolute atomic E-state index is 0.134. The molecule has 0 saturated heterocycles. The van der Waals surface area contributed by atoms with Gasteiger partial charge in [-0.2, -0.15) is 0 Å². The molecule has 0 atom stereocenters. The number of nitrogens with zero attached hydrogens (tertiary/aromatic N) is 1. The molecule has 1 amide bonds. The Morgan fingerprint density at radius 3 is 2.96 bits per heavy atom. The van der Waals surface area contributed by atoms with Crippen molar-refractivity contribution in [3.8, 4) is 0 Å². The fourth-order valence-corrected chi connectivity index (χ4v) is 3.56. The summed E-state index contributed by atoms with van der Waals surface area (Å²) in [6.45, 7) is 1.13. The first-order chi connectivity index (χ1) is 11.2. The van der Waals surface area contributed by atoms with Gasteiger partial charge >= 0.3 is 5.97 Å². The van der Waals surface area contributed by atoms with Crippen LogP contribution in [-0.2, 0) is 16.0 Å². The summed E-state index contributed by atoms with van der Waals surface area (Å²) < 4.78 is 4.72. The van der Waals surface area contributed by atoms with E-state index >= 15 is 0 Å². The second-order valence-electron chi connectivity index (χ2n) is 5.36. The van der Waals surface area contributed by atoms with Crippen molar-refractivity contribution in [3.05, 3.63) is 46.2 Å². The Morgan fingerprint density at radius 2 is 2.13 bits per heavy atom. The predicted octanol–water partition coefficient (Wildman–Crippen LogP) is 2.93. The third kappa shape index (κ3) is 3.37. The van der Waals surface area contributed by atoms with Crippen molar-refractivity contribution in [2.75, 3.05) is 30.4 Å². The van der Waals surface area contributed by atoms with Crippen molar-refractivity contribution < 1.29 is 14.3 Å². The van der Waals surface area contributed by atoms with Gasteiger partial charge in [0.1, 0.15) is 4.88 Å². The highest BCUT2D eigenvalue weighted by Crippen LogP contribution is 2.27. The third-order valence-electron chi connectivity index (χ3n) is 3.85. The Labute approximate surface area is 138 Å². The molecular formula is C17H18N2O3S. The molecule has 2 aromatic rings. The quantitative estimate of drug-likeness (QED) is 0.876. The number of rotatable bonds is 4. The van der Waals surface area contributed by atoms with E-state index in [4.69, 9.17) is 4.74 Å². The number of methoxy groups -OCH3 is 1. The molecule has 0 aliphatic carbocycles. The first-order valence-corrected chi connectivity index (χ1v) is 8.35. The molecule has 1 aliphatic heterocycles. The van der Waals surface area contributed by atoms with E-state index in [1.165, 1.54) is 24.0 Å². The SMILES string of the molecule is COC(=O)c1sccc1NC(=O)CN1CCCc2ccccc21. The number of nitrogens with one attached hydrogen (secondary N) is 1. The highest BCUT2D eigenvalue weighted by atomic mass is 32.1. The summed E-state index contributed by atoms with van der Waals surface area (Å²) in [4.78, 5) is 26.5. The number of ether oxygens (including phenoxy) is 1. The normalized spacial score (nSPS) is 13.3. The molecule has 23 heavy (non-hydrogen) atoms. The molecule has 0 saturated carbocycles. The molecule has 1 aliphatic rings. The second-order valence-corrected chi connectivity index (χ2v) is 6.27. The molecule has 6 heteroatoms. The molecule has 0 bridgehead atoms. The minimum Gasteiger partial charge on any atom is -0.465 e. The van der Waals surface area contributed by atoms with Crippen LogP contribution in [0.2, 0.25) is 0 Å². The van der Waals surface area contributed by atoms with Gasteiger partial charge in [-0.1, -0.05) is 18.2 Å². The fraction of sp³-hybridized carbons (Fsp3) is 0.294. The molecule has 1 aromatic carbocycles. The van der Waals surface area contributed by atoms with Crippen LogP contribution >= 0.6 is 11.3 Å². The predicted molar refractivity (Wildman–Crippen MR) is 91.3 cm³/mol.